The third kappa shape index (κ3) is 74.4. The summed E-state index contributed by atoms with van der Waals surface area (Å²) in [5.41, 5.74) is 0. The van der Waals surface area contributed by atoms with Crippen LogP contribution in [0.15, 0.2) is 146 Å². The summed E-state index contributed by atoms with van der Waals surface area (Å²) in [5.74, 6) is -2.00. The number of allylic oxidation sites excluding steroid dienone is 24. The van der Waals surface area contributed by atoms with Crippen molar-refractivity contribution in [3.05, 3.63) is 146 Å². The van der Waals surface area contributed by atoms with Gasteiger partial charge in [-0.15, -0.1) is 0 Å². The van der Waals surface area contributed by atoms with Gasteiger partial charge in [0.1, 0.15) is 13.2 Å². The first-order chi connectivity index (χ1) is 45.6. The Balaban J connectivity index is 4.08. The molecule has 0 aliphatic heterocycles. The van der Waals surface area contributed by atoms with Crippen molar-refractivity contribution in [2.45, 2.75) is 322 Å². The van der Waals surface area contributed by atoms with Crippen LogP contribution in [0.5, 0.6) is 0 Å². The summed E-state index contributed by atoms with van der Waals surface area (Å²) < 4.78 is 23.0. The first kappa shape index (κ1) is 88.2. The average Bonchev–Trinajstić information content (AvgIpc) is 3.73. The van der Waals surface area contributed by atoms with E-state index in [1.807, 2.05) is 21.1 Å². The van der Waals surface area contributed by atoms with Crippen molar-refractivity contribution in [3.63, 3.8) is 0 Å². The molecule has 0 aromatic carbocycles. The highest BCUT2D eigenvalue weighted by Gasteiger charge is 2.25. The molecule has 0 saturated heterocycles. The van der Waals surface area contributed by atoms with E-state index in [1.165, 1.54) is 167 Å². The molecule has 0 saturated carbocycles. The minimum atomic E-state index is -1.52. The minimum Gasteiger partial charge on any atom is -0.477 e. The van der Waals surface area contributed by atoms with Gasteiger partial charge in [-0.3, -0.25) is 9.59 Å². The number of aliphatic carboxylic acids is 1. The van der Waals surface area contributed by atoms with Gasteiger partial charge in [-0.05, 0) is 116 Å². The molecule has 530 valence electrons. The lowest BCUT2D eigenvalue weighted by Gasteiger charge is -2.25. The number of carboxylic acids is 1. The molecule has 0 bridgehead atoms. The van der Waals surface area contributed by atoms with E-state index in [2.05, 4.69) is 160 Å². The monoisotopic (exact) mass is 1290 g/mol. The first-order valence-electron chi connectivity index (χ1n) is 38.0. The zero-order chi connectivity index (χ0) is 67.5. The quantitative estimate of drug-likeness (QED) is 0.0211. The van der Waals surface area contributed by atoms with Crippen molar-refractivity contribution in [3.8, 4) is 0 Å². The summed E-state index contributed by atoms with van der Waals surface area (Å²) in [6.07, 6.45) is 104. The molecule has 9 heteroatoms. The van der Waals surface area contributed by atoms with Crippen LogP contribution in [0.3, 0.4) is 0 Å². The van der Waals surface area contributed by atoms with Crippen molar-refractivity contribution in [2.75, 3.05) is 47.5 Å². The number of carboxylic acid groups (broad SMARTS) is 1. The lowest BCUT2D eigenvalue weighted by molar-refractivity contribution is -0.870. The molecular weight excluding hydrogens is 1150 g/mol. The summed E-state index contributed by atoms with van der Waals surface area (Å²) in [5, 5.41) is 9.77. The van der Waals surface area contributed by atoms with Gasteiger partial charge in [0.05, 0.1) is 34.4 Å². The van der Waals surface area contributed by atoms with Crippen molar-refractivity contribution in [2.24, 2.45) is 0 Å². The fourth-order valence-corrected chi connectivity index (χ4v) is 10.4. The normalized spacial score (nSPS) is 13.5. The highest BCUT2D eigenvalue weighted by molar-refractivity contribution is 5.71. The van der Waals surface area contributed by atoms with E-state index in [-0.39, 0.29) is 32.2 Å². The number of unbranched alkanes of at least 4 members (excludes halogenated alkanes) is 30. The third-order valence-electron chi connectivity index (χ3n) is 16.1. The maximum Gasteiger partial charge on any atom is 0.361 e. The Hall–Kier alpha value is -4.83. The number of carbonyl (C=O) groups excluding carboxylic acids is 2. The number of carbonyl (C=O) groups is 3. The third-order valence-corrected chi connectivity index (χ3v) is 16.1. The lowest BCUT2D eigenvalue weighted by Crippen LogP contribution is -2.40. The van der Waals surface area contributed by atoms with E-state index in [0.717, 1.165) is 116 Å². The van der Waals surface area contributed by atoms with E-state index < -0.39 is 24.3 Å². The number of ether oxygens (including phenoxy) is 4. The number of quaternary nitrogens is 1. The van der Waals surface area contributed by atoms with Gasteiger partial charge in [0, 0.05) is 12.8 Å². The van der Waals surface area contributed by atoms with E-state index in [4.69, 9.17) is 18.9 Å². The molecule has 0 amide bonds. The fourth-order valence-electron chi connectivity index (χ4n) is 10.4. The van der Waals surface area contributed by atoms with Gasteiger partial charge in [0.2, 0.25) is 0 Å². The number of hydrogen-bond donors (Lipinski definition) is 1. The zero-order valence-electron chi connectivity index (χ0n) is 60.6. The molecule has 0 radical (unpaired) electrons. The Labute approximate surface area is 572 Å². The predicted molar refractivity (Wildman–Crippen MR) is 400 cm³/mol. The smallest absolute Gasteiger partial charge is 0.361 e. The SMILES string of the molecule is CC/C=C\C/C=C\C/C=C\C/C=C\C/C=C\C/C=C\CCCCCCCCCCCCCCCCCCCCC(=O)OC(COC(=O)CCCCCCCCCCCCCC/C=C\C/C=C\C/C=C\C/C=C\C/C=C\C/C=C\CC)COC(OCC[N+](C)(C)C)C(=O)O. The standard InChI is InChI=1S/C84H141NO8/c1-6-8-10-12-14-16-18-20-22-24-26-28-30-32-34-36-38-39-40-41-42-43-45-47-49-51-53-55-57-59-61-63-65-67-69-71-73-75-82(87)93-80(79-92-84(83(88)89)90-77-76-85(3,4)5)78-91-81(86)74-72-70-68-66-64-62-60-58-56-54-52-50-48-46-44-37-35-33-31-29-27-25-23-21-19-17-15-13-11-9-7-2/h8-11,14-17,20-23,26-29,32-35,38-39,44,46,80,84H,6-7,12-13,18-19,24-25,30-31,36-37,40-43,45,47-79H2,1-5H3/p+1/b10-8-,11-9-,16-14-,17-15-,22-20-,23-21-,28-26-,29-27-,34-32-,35-33-,39-38-,46-44-. The Kier molecular flexibility index (Phi) is 69.2. The Morgan fingerprint density at radius 2 is 0.581 bits per heavy atom. The number of nitrogens with zero attached hydrogens (tertiary/aromatic N) is 1. The van der Waals surface area contributed by atoms with Crippen molar-refractivity contribution in [1.82, 2.24) is 0 Å². The van der Waals surface area contributed by atoms with Gasteiger partial charge in [-0.1, -0.05) is 327 Å². The van der Waals surface area contributed by atoms with Gasteiger partial charge < -0.3 is 28.5 Å². The largest absolute Gasteiger partial charge is 0.477 e. The van der Waals surface area contributed by atoms with Crippen LogP contribution < -0.4 is 0 Å². The second kappa shape index (κ2) is 73.0. The van der Waals surface area contributed by atoms with Crippen molar-refractivity contribution < 1.29 is 42.9 Å². The van der Waals surface area contributed by atoms with Gasteiger partial charge in [-0.2, -0.15) is 0 Å². The van der Waals surface area contributed by atoms with Gasteiger partial charge in [0.25, 0.3) is 6.29 Å². The van der Waals surface area contributed by atoms with E-state index in [1.54, 1.807) is 0 Å². The minimum absolute atomic E-state index is 0.183. The van der Waals surface area contributed by atoms with Crippen LogP contribution in [0.1, 0.15) is 309 Å². The highest BCUT2D eigenvalue weighted by Crippen LogP contribution is 2.18. The summed E-state index contributed by atoms with van der Waals surface area (Å²) in [6.45, 7) is 4.66. The maximum atomic E-state index is 13.0. The molecule has 0 aliphatic carbocycles. The van der Waals surface area contributed by atoms with Gasteiger partial charge in [-0.25, -0.2) is 4.79 Å². The summed E-state index contributed by atoms with van der Waals surface area (Å²) in [7, 11) is 5.98. The molecule has 0 aromatic heterocycles. The molecule has 2 unspecified atom stereocenters. The fraction of sp³-hybridized carbons (Fsp3) is 0.679. The van der Waals surface area contributed by atoms with Crippen LogP contribution >= 0.6 is 0 Å². The topological polar surface area (TPSA) is 108 Å². The van der Waals surface area contributed by atoms with Gasteiger partial charge in [0.15, 0.2) is 6.10 Å². The predicted octanol–water partition coefficient (Wildman–Crippen LogP) is 24.3. The highest BCUT2D eigenvalue weighted by atomic mass is 16.7. The van der Waals surface area contributed by atoms with E-state index >= 15 is 0 Å². The second-order valence-electron chi connectivity index (χ2n) is 26.2. The van der Waals surface area contributed by atoms with Crippen LogP contribution in [-0.4, -0.2) is 87.4 Å². The number of hydrogen-bond acceptors (Lipinski definition) is 7. The van der Waals surface area contributed by atoms with Crippen LogP contribution in [0.25, 0.3) is 0 Å². The zero-order valence-corrected chi connectivity index (χ0v) is 60.6. The molecular formula is C84H142NO8+. The average molecular weight is 1290 g/mol. The molecule has 9 nitrogen and oxygen atoms in total. The Morgan fingerprint density at radius 1 is 0.323 bits per heavy atom. The van der Waals surface area contributed by atoms with E-state index in [0.29, 0.717) is 17.4 Å². The second-order valence-corrected chi connectivity index (χ2v) is 26.2. The number of esters is 2. The summed E-state index contributed by atoms with van der Waals surface area (Å²) in [4.78, 5) is 37.7. The number of likely N-dealkylation sites (N-methyl/N-ethyl adjacent to an activating group) is 1. The molecule has 2 atom stereocenters. The van der Waals surface area contributed by atoms with Crippen LogP contribution in [0, 0.1) is 0 Å². The molecule has 0 aromatic rings. The maximum absolute atomic E-state index is 13.0. The molecule has 0 heterocycles. The van der Waals surface area contributed by atoms with Gasteiger partial charge >= 0.3 is 17.9 Å². The lowest BCUT2D eigenvalue weighted by atomic mass is 10.0. The molecule has 0 aliphatic rings. The molecule has 0 spiro atoms. The molecule has 1 N–H and O–H groups in total. The Bertz CT molecular complexity index is 2040. The van der Waals surface area contributed by atoms with Crippen LogP contribution in [-0.2, 0) is 33.3 Å². The van der Waals surface area contributed by atoms with Crippen molar-refractivity contribution >= 4 is 17.9 Å². The molecule has 0 rings (SSSR count). The van der Waals surface area contributed by atoms with E-state index in [9.17, 15) is 19.5 Å². The summed E-state index contributed by atoms with van der Waals surface area (Å²) >= 11 is 0. The molecule has 0 fully saturated rings. The number of rotatable bonds is 69. The van der Waals surface area contributed by atoms with Crippen molar-refractivity contribution in [1.29, 1.82) is 0 Å². The summed E-state index contributed by atoms with van der Waals surface area (Å²) in [6, 6.07) is 0. The first-order valence-corrected chi connectivity index (χ1v) is 38.0. The van der Waals surface area contributed by atoms with Crippen LogP contribution in [0.2, 0.25) is 0 Å². The molecule has 93 heavy (non-hydrogen) atoms. The van der Waals surface area contributed by atoms with Crippen LogP contribution in [0.4, 0.5) is 0 Å². The Morgan fingerprint density at radius 3 is 0.860 bits per heavy atom.